The van der Waals surface area contributed by atoms with Crippen molar-refractivity contribution in [3.63, 3.8) is 0 Å². The average Bonchev–Trinajstić information content (AvgIpc) is 2.31. The third-order valence-electron chi connectivity index (χ3n) is 3.46. The van der Waals surface area contributed by atoms with E-state index in [1.54, 1.807) is 0 Å². The van der Waals surface area contributed by atoms with E-state index in [0.717, 1.165) is 0 Å². The zero-order valence-electron chi connectivity index (χ0n) is 9.88. The number of benzene rings is 1. The molecule has 2 rings (SSSR count). The Morgan fingerprint density at radius 2 is 1.75 bits per heavy atom. The highest BCUT2D eigenvalue weighted by molar-refractivity contribution is 5.19. The normalized spacial score (nSPS) is 19.6. The van der Waals surface area contributed by atoms with Gasteiger partial charge in [0.1, 0.15) is 5.82 Å². The molecule has 1 aromatic rings. The first-order valence-corrected chi connectivity index (χ1v) is 6.27. The van der Waals surface area contributed by atoms with Gasteiger partial charge in [0.2, 0.25) is 0 Å². The molecule has 88 valence electrons. The lowest BCUT2D eigenvalue weighted by Gasteiger charge is -2.26. The topological polar surface area (TPSA) is 12.0 Å². The second kappa shape index (κ2) is 5.44. The minimum absolute atomic E-state index is 0.159. The number of hydrogen-bond donors (Lipinski definition) is 1. The molecule has 0 radical (unpaired) electrons. The second-order valence-corrected chi connectivity index (χ2v) is 4.77. The number of nitrogens with one attached hydrogen (secondary N) is 1. The first-order valence-electron chi connectivity index (χ1n) is 6.27. The average molecular weight is 221 g/mol. The van der Waals surface area contributed by atoms with Gasteiger partial charge in [-0.1, -0.05) is 31.4 Å². The zero-order chi connectivity index (χ0) is 11.4. The van der Waals surface area contributed by atoms with E-state index in [4.69, 9.17) is 0 Å². The third-order valence-corrected chi connectivity index (χ3v) is 3.46. The highest BCUT2D eigenvalue weighted by Crippen LogP contribution is 2.21. The van der Waals surface area contributed by atoms with Crippen molar-refractivity contribution in [1.82, 2.24) is 5.32 Å². The van der Waals surface area contributed by atoms with Crippen LogP contribution in [-0.2, 0) is 0 Å². The van der Waals surface area contributed by atoms with Crippen molar-refractivity contribution in [1.29, 1.82) is 0 Å². The van der Waals surface area contributed by atoms with Gasteiger partial charge in [0.05, 0.1) is 0 Å². The summed E-state index contributed by atoms with van der Waals surface area (Å²) in [6.45, 7) is 2.15. The molecule has 1 aromatic carbocycles. The lowest BCUT2D eigenvalue weighted by molar-refractivity contribution is 0.347. The predicted octanol–water partition coefficient (Wildman–Crippen LogP) is 3.81. The summed E-state index contributed by atoms with van der Waals surface area (Å²) in [5.41, 5.74) is 1.17. The van der Waals surface area contributed by atoms with Gasteiger partial charge in [0.25, 0.3) is 0 Å². The van der Waals surface area contributed by atoms with Crippen molar-refractivity contribution in [3.05, 3.63) is 35.6 Å². The predicted molar refractivity (Wildman–Crippen MR) is 64.8 cm³/mol. The molecule has 1 fully saturated rings. The van der Waals surface area contributed by atoms with Gasteiger partial charge in [0.15, 0.2) is 0 Å². The van der Waals surface area contributed by atoms with Crippen LogP contribution in [0.3, 0.4) is 0 Å². The summed E-state index contributed by atoms with van der Waals surface area (Å²) in [5.74, 6) is -0.159. The lowest BCUT2D eigenvalue weighted by Crippen LogP contribution is -2.33. The fourth-order valence-corrected chi connectivity index (χ4v) is 2.47. The van der Waals surface area contributed by atoms with Crippen LogP contribution in [0.2, 0.25) is 0 Å². The Hall–Kier alpha value is -0.890. The van der Waals surface area contributed by atoms with Crippen LogP contribution in [0.1, 0.15) is 50.6 Å². The van der Waals surface area contributed by atoms with Crippen LogP contribution < -0.4 is 5.32 Å². The Balaban J connectivity index is 1.91. The molecule has 0 aromatic heterocycles. The SMILES string of the molecule is C[C@@H](NC1CCCCC1)c1ccc(F)cc1. The fraction of sp³-hybridized carbons (Fsp3) is 0.571. The third kappa shape index (κ3) is 3.05. The van der Waals surface area contributed by atoms with Crippen molar-refractivity contribution >= 4 is 0 Å². The van der Waals surface area contributed by atoms with Crippen molar-refractivity contribution in [2.45, 2.75) is 51.1 Å². The van der Waals surface area contributed by atoms with Crippen LogP contribution in [0.25, 0.3) is 0 Å². The quantitative estimate of drug-likeness (QED) is 0.818. The van der Waals surface area contributed by atoms with E-state index >= 15 is 0 Å². The van der Waals surface area contributed by atoms with Gasteiger partial charge in [0, 0.05) is 12.1 Å². The first-order chi connectivity index (χ1) is 7.75. The van der Waals surface area contributed by atoms with Gasteiger partial charge in [-0.15, -0.1) is 0 Å². The maximum absolute atomic E-state index is 12.8. The van der Waals surface area contributed by atoms with Gasteiger partial charge in [-0.2, -0.15) is 0 Å². The fourth-order valence-electron chi connectivity index (χ4n) is 2.47. The molecule has 1 atom stereocenters. The van der Waals surface area contributed by atoms with E-state index in [1.165, 1.54) is 49.8 Å². The summed E-state index contributed by atoms with van der Waals surface area (Å²) < 4.78 is 12.8. The second-order valence-electron chi connectivity index (χ2n) is 4.77. The molecule has 0 amide bonds. The first kappa shape index (κ1) is 11.6. The molecule has 1 aliphatic carbocycles. The maximum Gasteiger partial charge on any atom is 0.123 e. The number of halogens is 1. The van der Waals surface area contributed by atoms with E-state index in [9.17, 15) is 4.39 Å². The van der Waals surface area contributed by atoms with Crippen molar-refractivity contribution in [3.8, 4) is 0 Å². The summed E-state index contributed by atoms with van der Waals surface area (Å²) in [6, 6.07) is 7.78. The molecule has 1 nitrogen and oxygen atoms in total. The van der Waals surface area contributed by atoms with E-state index in [2.05, 4.69) is 12.2 Å². The molecule has 0 unspecified atom stereocenters. The summed E-state index contributed by atoms with van der Waals surface area (Å²) in [7, 11) is 0. The molecule has 0 saturated heterocycles. The summed E-state index contributed by atoms with van der Waals surface area (Å²) in [6.07, 6.45) is 6.63. The van der Waals surface area contributed by atoms with Crippen LogP contribution in [0.15, 0.2) is 24.3 Å². The van der Waals surface area contributed by atoms with Crippen LogP contribution in [0.5, 0.6) is 0 Å². The Labute approximate surface area is 97.1 Å². The summed E-state index contributed by atoms with van der Waals surface area (Å²) in [4.78, 5) is 0. The van der Waals surface area contributed by atoms with Crippen LogP contribution in [-0.4, -0.2) is 6.04 Å². The van der Waals surface area contributed by atoms with Crippen LogP contribution >= 0.6 is 0 Å². The smallest absolute Gasteiger partial charge is 0.123 e. The van der Waals surface area contributed by atoms with Gasteiger partial charge < -0.3 is 5.32 Å². The van der Waals surface area contributed by atoms with Crippen molar-refractivity contribution in [2.75, 3.05) is 0 Å². The van der Waals surface area contributed by atoms with E-state index in [0.29, 0.717) is 12.1 Å². The van der Waals surface area contributed by atoms with Gasteiger partial charge >= 0.3 is 0 Å². The Morgan fingerprint density at radius 3 is 2.38 bits per heavy atom. The molecular formula is C14H20FN. The van der Waals surface area contributed by atoms with Crippen LogP contribution in [0.4, 0.5) is 4.39 Å². The number of rotatable bonds is 3. The minimum atomic E-state index is -0.159. The molecule has 2 heteroatoms. The zero-order valence-corrected chi connectivity index (χ0v) is 9.88. The molecule has 0 aliphatic heterocycles. The Kier molecular flexibility index (Phi) is 3.94. The van der Waals surface area contributed by atoms with E-state index < -0.39 is 0 Å². The highest BCUT2D eigenvalue weighted by Gasteiger charge is 2.16. The lowest BCUT2D eigenvalue weighted by atomic mass is 9.94. The van der Waals surface area contributed by atoms with Crippen LogP contribution in [0, 0.1) is 5.82 Å². The van der Waals surface area contributed by atoms with Crippen molar-refractivity contribution < 1.29 is 4.39 Å². The Morgan fingerprint density at radius 1 is 1.12 bits per heavy atom. The molecule has 0 bridgehead atoms. The monoisotopic (exact) mass is 221 g/mol. The molecule has 1 saturated carbocycles. The number of hydrogen-bond acceptors (Lipinski definition) is 1. The molecule has 1 aliphatic rings. The maximum atomic E-state index is 12.8. The summed E-state index contributed by atoms with van der Waals surface area (Å²) >= 11 is 0. The van der Waals surface area contributed by atoms with Gasteiger partial charge in [-0.25, -0.2) is 4.39 Å². The molecular weight excluding hydrogens is 201 g/mol. The largest absolute Gasteiger partial charge is 0.307 e. The summed E-state index contributed by atoms with van der Waals surface area (Å²) in [5, 5.41) is 3.63. The van der Waals surface area contributed by atoms with E-state index in [-0.39, 0.29) is 5.82 Å². The molecule has 0 heterocycles. The molecule has 1 N–H and O–H groups in total. The van der Waals surface area contributed by atoms with E-state index in [1.807, 2.05) is 12.1 Å². The Bertz CT molecular complexity index is 314. The standard InChI is InChI=1S/C14H20FN/c1-11(12-7-9-13(15)10-8-12)16-14-5-3-2-4-6-14/h7-11,14,16H,2-6H2,1H3/t11-/m1/s1. The highest BCUT2D eigenvalue weighted by atomic mass is 19.1. The minimum Gasteiger partial charge on any atom is -0.307 e. The van der Waals surface area contributed by atoms with Gasteiger partial charge in [-0.3, -0.25) is 0 Å². The van der Waals surface area contributed by atoms with Crippen molar-refractivity contribution in [2.24, 2.45) is 0 Å². The van der Waals surface area contributed by atoms with Gasteiger partial charge in [-0.05, 0) is 37.5 Å². The molecule has 16 heavy (non-hydrogen) atoms. The molecule has 0 spiro atoms.